The van der Waals surface area contributed by atoms with Crippen LogP contribution in [0.2, 0.25) is 0 Å². The number of aromatic nitrogens is 1. The molecule has 0 spiro atoms. The molecule has 1 atom stereocenters. The number of rotatable bonds is 7. The van der Waals surface area contributed by atoms with E-state index in [1.807, 2.05) is 72.8 Å². The van der Waals surface area contributed by atoms with Crippen LogP contribution >= 0.6 is 15.9 Å². The lowest BCUT2D eigenvalue weighted by molar-refractivity contribution is 0.0706. The van der Waals surface area contributed by atoms with Gasteiger partial charge in [-0.25, -0.2) is 5.48 Å². The third-order valence-electron chi connectivity index (χ3n) is 6.25. The SMILES string of the molecule is O=C(NO)c1ccc(C=C(CNc2cnc3c(Br)cccc3c2)C(O)c2cccc3ccccc23)cc1. The molecule has 5 rings (SSSR count). The summed E-state index contributed by atoms with van der Waals surface area (Å²) in [5, 5.41) is 26.9. The van der Waals surface area contributed by atoms with Gasteiger partial charge in [-0.3, -0.25) is 15.0 Å². The summed E-state index contributed by atoms with van der Waals surface area (Å²) in [7, 11) is 0. The molecular formula is C30H24BrN3O3. The number of aliphatic hydroxyl groups excluding tert-OH is 1. The summed E-state index contributed by atoms with van der Waals surface area (Å²) in [4.78, 5) is 16.3. The van der Waals surface area contributed by atoms with Crippen LogP contribution in [0.3, 0.4) is 0 Å². The Morgan fingerprint density at radius 3 is 2.49 bits per heavy atom. The summed E-state index contributed by atoms with van der Waals surface area (Å²) in [5.74, 6) is -0.580. The number of fused-ring (bicyclic) bond motifs is 2. The number of pyridine rings is 1. The molecule has 1 heterocycles. The van der Waals surface area contributed by atoms with Crippen LogP contribution in [-0.4, -0.2) is 27.7 Å². The average molecular weight is 554 g/mol. The highest BCUT2D eigenvalue weighted by Crippen LogP contribution is 2.31. The minimum atomic E-state index is -0.874. The Labute approximate surface area is 222 Å². The number of nitrogens with zero attached hydrogens (tertiary/aromatic N) is 1. The van der Waals surface area contributed by atoms with Crippen molar-refractivity contribution in [2.45, 2.75) is 6.10 Å². The highest BCUT2D eigenvalue weighted by molar-refractivity contribution is 9.10. The van der Waals surface area contributed by atoms with Gasteiger partial charge < -0.3 is 10.4 Å². The molecule has 1 aromatic heterocycles. The van der Waals surface area contributed by atoms with E-state index in [9.17, 15) is 9.90 Å². The number of carbonyl (C=O) groups is 1. The van der Waals surface area contributed by atoms with Gasteiger partial charge in [0.15, 0.2) is 0 Å². The second-order valence-electron chi connectivity index (χ2n) is 8.64. The fraction of sp³-hybridized carbons (Fsp3) is 0.0667. The summed E-state index contributed by atoms with van der Waals surface area (Å²) < 4.78 is 0.932. The highest BCUT2D eigenvalue weighted by atomic mass is 79.9. The van der Waals surface area contributed by atoms with Gasteiger partial charge in [-0.05, 0) is 67.7 Å². The van der Waals surface area contributed by atoms with Crippen molar-refractivity contribution in [1.82, 2.24) is 10.5 Å². The minimum Gasteiger partial charge on any atom is -0.384 e. The molecule has 7 heteroatoms. The maximum atomic E-state index is 11.7. The number of nitrogens with one attached hydrogen (secondary N) is 2. The summed E-state index contributed by atoms with van der Waals surface area (Å²) in [6, 6.07) is 28.6. The van der Waals surface area contributed by atoms with E-state index in [2.05, 4.69) is 26.2 Å². The van der Waals surface area contributed by atoms with Gasteiger partial charge in [0.2, 0.25) is 0 Å². The minimum absolute atomic E-state index is 0.335. The van der Waals surface area contributed by atoms with Crippen molar-refractivity contribution in [2.75, 3.05) is 11.9 Å². The molecule has 0 aliphatic carbocycles. The second kappa shape index (κ2) is 10.9. The number of benzene rings is 4. The van der Waals surface area contributed by atoms with Crippen LogP contribution in [0.1, 0.15) is 27.6 Å². The normalized spacial score (nSPS) is 12.5. The molecule has 0 saturated heterocycles. The molecule has 184 valence electrons. The van der Waals surface area contributed by atoms with E-state index in [1.54, 1.807) is 35.9 Å². The molecule has 37 heavy (non-hydrogen) atoms. The molecule has 1 unspecified atom stereocenters. The number of carbonyl (C=O) groups excluding carboxylic acids is 1. The number of hydrogen-bond acceptors (Lipinski definition) is 5. The standard InChI is InChI=1S/C30H24BrN3O3/c31-27-10-4-7-22-16-24(18-33-28(22)27)32-17-23(15-19-11-13-21(14-12-19)30(36)34-37)29(35)26-9-3-6-20-5-1-2-8-25(20)26/h1-16,18,29,32,35,37H,17H2,(H,34,36). The first-order valence-electron chi connectivity index (χ1n) is 11.7. The fourth-order valence-corrected chi connectivity index (χ4v) is 4.83. The Kier molecular flexibility index (Phi) is 7.28. The van der Waals surface area contributed by atoms with Crippen LogP contribution in [0.15, 0.2) is 107 Å². The van der Waals surface area contributed by atoms with Crippen LogP contribution < -0.4 is 10.8 Å². The van der Waals surface area contributed by atoms with Crippen molar-refractivity contribution in [2.24, 2.45) is 0 Å². The van der Waals surface area contributed by atoms with Gasteiger partial charge in [-0.15, -0.1) is 0 Å². The van der Waals surface area contributed by atoms with Crippen molar-refractivity contribution in [3.8, 4) is 0 Å². The van der Waals surface area contributed by atoms with Crippen LogP contribution in [0.25, 0.3) is 27.8 Å². The lowest BCUT2D eigenvalue weighted by Gasteiger charge is -2.19. The lowest BCUT2D eigenvalue weighted by atomic mass is 9.94. The summed E-state index contributed by atoms with van der Waals surface area (Å²) in [6.07, 6.45) is 2.81. The topological polar surface area (TPSA) is 94.5 Å². The molecule has 4 N–H and O–H groups in total. The van der Waals surface area contributed by atoms with Crippen molar-refractivity contribution in [3.63, 3.8) is 0 Å². The maximum Gasteiger partial charge on any atom is 0.274 e. The van der Waals surface area contributed by atoms with Crippen LogP contribution in [0.4, 0.5) is 5.69 Å². The van der Waals surface area contributed by atoms with Gasteiger partial charge in [0.1, 0.15) is 6.10 Å². The zero-order valence-corrected chi connectivity index (χ0v) is 21.3. The molecular weight excluding hydrogens is 530 g/mol. The van der Waals surface area contributed by atoms with E-state index in [1.165, 1.54) is 0 Å². The first-order valence-corrected chi connectivity index (χ1v) is 12.5. The summed E-state index contributed by atoms with van der Waals surface area (Å²) >= 11 is 3.54. The lowest BCUT2D eigenvalue weighted by Crippen LogP contribution is -2.18. The number of anilines is 1. The Bertz CT molecular complexity index is 1610. The van der Waals surface area contributed by atoms with E-state index in [0.717, 1.165) is 48.5 Å². The van der Waals surface area contributed by atoms with Gasteiger partial charge in [-0.2, -0.15) is 0 Å². The van der Waals surface area contributed by atoms with E-state index in [0.29, 0.717) is 12.1 Å². The number of hydrogen-bond donors (Lipinski definition) is 4. The van der Waals surface area contributed by atoms with E-state index >= 15 is 0 Å². The van der Waals surface area contributed by atoms with E-state index < -0.39 is 12.0 Å². The molecule has 0 saturated carbocycles. The van der Waals surface area contributed by atoms with Crippen molar-refractivity contribution in [3.05, 3.63) is 124 Å². The summed E-state index contributed by atoms with van der Waals surface area (Å²) in [6.45, 7) is 0.366. The number of halogens is 1. The summed E-state index contributed by atoms with van der Waals surface area (Å²) in [5.41, 5.74) is 6.05. The van der Waals surface area contributed by atoms with Crippen LogP contribution in [-0.2, 0) is 0 Å². The number of amides is 1. The van der Waals surface area contributed by atoms with Crippen molar-refractivity contribution < 1.29 is 15.1 Å². The molecule has 1 amide bonds. The highest BCUT2D eigenvalue weighted by Gasteiger charge is 2.17. The number of hydroxylamine groups is 1. The van der Waals surface area contributed by atoms with E-state index in [4.69, 9.17) is 5.21 Å². The van der Waals surface area contributed by atoms with Crippen LogP contribution in [0, 0.1) is 0 Å². The first kappa shape index (κ1) is 24.6. The molecule has 0 bridgehead atoms. The quantitative estimate of drug-likeness (QED) is 0.136. The van der Waals surface area contributed by atoms with Gasteiger partial charge in [0.25, 0.3) is 5.91 Å². The molecule has 4 aromatic carbocycles. The molecule has 0 radical (unpaired) electrons. The number of para-hydroxylation sites is 1. The third kappa shape index (κ3) is 5.39. The Morgan fingerprint density at radius 2 is 1.68 bits per heavy atom. The predicted octanol–water partition coefficient (Wildman–Crippen LogP) is 6.50. The molecule has 0 aliphatic heterocycles. The first-order chi connectivity index (χ1) is 18.0. The molecule has 5 aromatic rings. The smallest absolute Gasteiger partial charge is 0.274 e. The second-order valence-corrected chi connectivity index (χ2v) is 9.50. The Hall–Kier alpha value is -4.04. The Morgan fingerprint density at radius 1 is 0.946 bits per heavy atom. The monoisotopic (exact) mass is 553 g/mol. The van der Waals surface area contributed by atoms with Crippen LogP contribution in [0.5, 0.6) is 0 Å². The van der Waals surface area contributed by atoms with Gasteiger partial charge in [-0.1, -0.05) is 72.8 Å². The average Bonchev–Trinajstić information content (AvgIpc) is 2.94. The van der Waals surface area contributed by atoms with Crippen molar-refractivity contribution >= 4 is 55.3 Å². The Balaban J connectivity index is 1.50. The zero-order valence-electron chi connectivity index (χ0n) is 19.7. The molecule has 0 aliphatic rings. The predicted molar refractivity (Wildman–Crippen MR) is 151 cm³/mol. The third-order valence-corrected chi connectivity index (χ3v) is 6.89. The zero-order chi connectivity index (χ0) is 25.8. The van der Waals surface area contributed by atoms with Gasteiger partial charge in [0, 0.05) is 22.0 Å². The fourth-order valence-electron chi connectivity index (χ4n) is 4.35. The van der Waals surface area contributed by atoms with Gasteiger partial charge >= 0.3 is 0 Å². The molecule has 0 fully saturated rings. The van der Waals surface area contributed by atoms with Gasteiger partial charge in [0.05, 0.1) is 17.4 Å². The van der Waals surface area contributed by atoms with E-state index in [-0.39, 0.29) is 0 Å². The molecule has 6 nitrogen and oxygen atoms in total. The van der Waals surface area contributed by atoms with Crippen molar-refractivity contribution in [1.29, 1.82) is 0 Å². The largest absolute Gasteiger partial charge is 0.384 e. The maximum absolute atomic E-state index is 11.7. The number of aliphatic hydroxyl groups is 1.